The number of carboxylic acids is 2. The maximum atomic E-state index is 13.0. The number of rotatable bonds is 12. The number of nitrogens with one attached hydrogen (secondary N) is 4. The second-order valence-corrected chi connectivity index (χ2v) is 11.3. The maximum absolute atomic E-state index is 13.0. The molecule has 0 fully saturated rings. The smallest absolute Gasteiger partial charge is 0.475 e. The van der Waals surface area contributed by atoms with E-state index >= 15 is 0 Å². The number of carboxylic acid groups (broad SMARTS) is 2. The molecule has 3 aromatic rings. The number of aliphatic carboxylic acids is 2. The highest BCUT2D eigenvalue weighted by Gasteiger charge is 2.39. The molecule has 1 atom stereocenters. The van der Waals surface area contributed by atoms with Crippen molar-refractivity contribution in [2.24, 2.45) is 11.5 Å². The molecule has 0 aliphatic carbocycles. The highest BCUT2D eigenvalue weighted by atomic mass is 32.2. The van der Waals surface area contributed by atoms with Crippen molar-refractivity contribution in [3.05, 3.63) is 101 Å². The van der Waals surface area contributed by atoms with Gasteiger partial charge >= 0.3 is 24.3 Å². The third-order valence-electron chi connectivity index (χ3n) is 5.68. The first-order chi connectivity index (χ1) is 23.0. The molecule has 0 heterocycles. The molecule has 50 heavy (non-hydrogen) atoms. The molecule has 0 aliphatic heterocycles. The highest BCUT2D eigenvalue weighted by molar-refractivity contribution is 7.89. The van der Waals surface area contributed by atoms with E-state index in [1.165, 1.54) is 24.3 Å². The fourth-order valence-electron chi connectivity index (χ4n) is 3.23. The number of halogens is 6. The molecule has 3 rings (SSSR count). The van der Waals surface area contributed by atoms with Gasteiger partial charge < -0.3 is 31.7 Å². The van der Waals surface area contributed by atoms with Gasteiger partial charge in [0.2, 0.25) is 15.9 Å². The van der Waals surface area contributed by atoms with Gasteiger partial charge in [-0.15, -0.1) is 0 Å². The molecule has 272 valence electrons. The second kappa shape index (κ2) is 18.9. The fraction of sp³-hybridized carbons (Fsp3) is 0.207. The maximum Gasteiger partial charge on any atom is 0.490 e. The van der Waals surface area contributed by atoms with Crippen LogP contribution in [0.5, 0.6) is 0 Å². The Morgan fingerprint density at radius 1 is 0.760 bits per heavy atom. The third kappa shape index (κ3) is 15.6. The molecule has 3 aromatic carbocycles. The lowest BCUT2D eigenvalue weighted by Gasteiger charge is -2.19. The Morgan fingerprint density at radius 3 is 1.72 bits per heavy atom. The lowest BCUT2D eigenvalue weighted by Crippen LogP contribution is -2.49. The van der Waals surface area contributed by atoms with Crippen LogP contribution in [0.1, 0.15) is 22.3 Å². The van der Waals surface area contributed by atoms with E-state index in [0.717, 1.165) is 11.1 Å². The Bertz CT molecular complexity index is 1720. The zero-order valence-corrected chi connectivity index (χ0v) is 26.2. The number of sulfonamides is 1. The summed E-state index contributed by atoms with van der Waals surface area (Å²) in [5, 5.41) is 32.0. The summed E-state index contributed by atoms with van der Waals surface area (Å²) >= 11 is 0. The van der Waals surface area contributed by atoms with E-state index in [9.17, 15) is 39.6 Å². The summed E-state index contributed by atoms with van der Waals surface area (Å²) in [7, 11) is -4.13. The van der Waals surface area contributed by atoms with E-state index in [0.29, 0.717) is 5.56 Å². The van der Waals surface area contributed by atoms with Crippen LogP contribution in [0.2, 0.25) is 0 Å². The molecule has 0 unspecified atom stereocenters. The number of alkyl halides is 6. The van der Waals surface area contributed by atoms with Crippen LogP contribution >= 0.6 is 0 Å². The van der Waals surface area contributed by atoms with Gasteiger partial charge in [0, 0.05) is 17.7 Å². The number of amides is 1. The van der Waals surface area contributed by atoms with Gasteiger partial charge in [-0.25, -0.2) is 18.0 Å². The number of nitrogens with two attached hydrogens (primary N) is 2. The number of ether oxygens (including phenoxy) is 1. The molecular weight excluding hydrogens is 706 g/mol. The monoisotopic (exact) mass is 736 g/mol. The van der Waals surface area contributed by atoms with E-state index in [2.05, 4.69) is 10.0 Å². The molecule has 0 saturated heterocycles. The molecule has 0 aromatic heterocycles. The van der Waals surface area contributed by atoms with Crippen LogP contribution in [0.3, 0.4) is 0 Å². The van der Waals surface area contributed by atoms with Crippen molar-refractivity contribution in [3.8, 4) is 0 Å². The predicted molar refractivity (Wildman–Crippen MR) is 164 cm³/mol. The number of amidine groups is 2. The lowest BCUT2D eigenvalue weighted by atomic mass is 10.1. The zero-order valence-electron chi connectivity index (χ0n) is 25.4. The summed E-state index contributed by atoms with van der Waals surface area (Å²) in [6.07, 6.45) is -10.2. The van der Waals surface area contributed by atoms with Crippen LogP contribution in [0.15, 0.2) is 83.8 Å². The number of carbonyl (C=O) groups excluding carboxylic acids is 1. The van der Waals surface area contributed by atoms with Gasteiger partial charge in [0.05, 0.1) is 18.1 Å². The van der Waals surface area contributed by atoms with Gasteiger partial charge in [-0.2, -0.15) is 31.1 Å². The largest absolute Gasteiger partial charge is 0.490 e. The molecule has 0 saturated carbocycles. The average molecular weight is 737 g/mol. The van der Waals surface area contributed by atoms with E-state index in [-0.39, 0.29) is 41.9 Å². The molecule has 0 radical (unpaired) electrons. The molecule has 21 heteroatoms. The van der Waals surface area contributed by atoms with Crippen LogP contribution in [0.25, 0.3) is 0 Å². The van der Waals surface area contributed by atoms with Crippen molar-refractivity contribution in [2.75, 3.05) is 6.61 Å². The first-order valence-electron chi connectivity index (χ1n) is 13.4. The Labute approximate surface area is 280 Å². The summed E-state index contributed by atoms with van der Waals surface area (Å²) in [4.78, 5) is 30.7. The van der Waals surface area contributed by atoms with E-state index in [1.54, 1.807) is 24.3 Å². The summed E-state index contributed by atoms with van der Waals surface area (Å²) in [6, 6.07) is 20.4. The van der Waals surface area contributed by atoms with Gasteiger partial charge in [-0.3, -0.25) is 15.6 Å². The summed E-state index contributed by atoms with van der Waals surface area (Å²) in [5.74, 6) is -6.43. The fourth-order valence-corrected chi connectivity index (χ4v) is 4.46. The van der Waals surface area contributed by atoms with Crippen LogP contribution < -0.4 is 21.5 Å². The van der Waals surface area contributed by atoms with Crippen molar-refractivity contribution in [3.63, 3.8) is 0 Å². The molecular formula is C29H30F6N6O8S. The van der Waals surface area contributed by atoms with Gasteiger partial charge in [-0.05, 0) is 23.3 Å². The SMILES string of the molecule is N=C(N)c1ccc(CNC(=O)[C@H](COCc2ccccc2)NS(=O)(=O)c2cccc(C(=N)N)c2)cc1.O=C(O)C(F)(F)F.O=C(O)C(F)(F)F. The minimum absolute atomic E-state index is 0.0653. The van der Waals surface area contributed by atoms with Gasteiger partial charge in [0.25, 0.3) is 0 Å². The van der Waals surface area contributed by atoms with Crippen LogP contribution in [-0.4, -0.2) is 73.1 Å². The number of carbonyl (C=O) groups is 3. The molecule has 0 aliphatic rings. The summed E-state index contributed by atoms with van der Waals surface area (Å²) in [5.41, 5.74) is 13.4. The van der Waals surface area contributed by atoms with Gasteiger partial charge in [0.15, 0.2) is 0 Å². The molecule has 10 N–H and O–H groups in total. The minimum atomic E-state index is -5.08. The molecule has 1 amide bonds. The standard InChI is InChI=1S/C25H28N6O4S.2C2HF3O2/c26-23(27)19-11-9-17(10-12-19)14-30-25(32)22(16-35-15-18-5-2-1-3-6-18)31-36(33,34)21-8-4-7-20(13-21)24(28)29;2*3-2(4,5)1(6)7/h1-13,22,31H,14-16H2,(H3,26,27)(H3,28,29)(H,30,32);2*(H,6,7)/t22-;;/m0../s1. The molecule has 0 spiro atoms. The van der Waals surface area contributed by atoms with Crippen molar-refractivity contribution in [1.29, 1.82) is 10.8 Å². The number of benzene rings is 3. The van der Waals surface area contributed by atoms with Crippen LogP contribution in [-0.2, 0) is 42.3 Å². The van der Waals surface area contributed by atoms with Crippen molar-refractivity contribution in [2.45, 2.75) is 36.4 Å². The zero-order chi connectivity index (χ0) is 38.3. The number of nitrogen functional groups attached to an aromatic ring is 2. The Hall–Kier alpha value is -5.54. The van der Waals surface area contributed by atoms with Crippen LogP contribution in [0, 0.1) is 10.8 Å². The first kappa shape index (κ1) is 42.5. The van der Waals surface area contributed by atoms with E-state index < -0.39 is 46.3 Å². The quantitative estimate of drug-likeness (QED) is 0.0766. The molecule has 14 nitrogen and oxygen atoms in total. The Kier molecular flexibility index (Phi) is 16.0. The lowest BCUT2D eigenvalue weighted by molar-refractivity contribution is -0.193. The minimum Gasteiger partial charge on any atom is -0.475 e. The van der Waals surface area contributed by atoms with E-state index in [4.69, 9.17) is 46.8 Å². The van der Waals surface area contributed by atoms with Crippen molar-refractivity contribution < 1.29 is 64.1 Å². The predicted octanol–water partition coefficient (Wildman–Crippen LogP) is 2.70. The van der Waals surface area contributed by atoms with E-state index in [1.807, 2.05) is 30.3 Å². The average Bonchev–Trinajstić information content (AvgIpc) is 3.03. The first-order valence-corrected chi connectivity index (χ1v) is 14.9. The Morgan fingerprint density at radius 2 is 1.26 bits per heavy atom. The summed E-state index contributed by atoms with van der Waals surface area (Å²) in [6.45, 7) is 0.113. The highest BCUT2D eigenvalue weighted by Crippen LogP contribution is 2.15. The topological polar surface area (TPSA) is 259 Å². The van der Waals surface area contributed by atoms with Gasteiger partial charge in [0.1, 0.15) is 17.7 Å². The van der Waals surface area contributed by atoms with Crippen molar-refractivity contribution in [1.82, 2.24) is 10.0 Å². The number of hydrogen-bond donors (Lipinski definition) is 8. The number of hydrogen-bond acceptors (Lipinski definition) is 8. The third-order valence-corrected chi connectivity index (χ3v) is 7.15. The van der Waals surface area contributed by atoms with Crippen LogP contribution in [0.4, 0.5) is 26.3 Å². The summed E-state index contributed by atoms with van der Waals surface area (Å²) < 4.78 is 97.6. The Balaban J connectivity index is 0.000000748. The normalized spacial score (nSPS) is 11.8. The van der Waals surface area contributed by atoms with Crippen molar-refractivity contribution >= 4 is 39.5 Å². The van der Waals surface area contributed by atoms with Gasteiger partial charge in [-0.1, -0.05) is 66.7 Å². The molecule has 0 bridgehead atoms. The second-order valence-electron chi connectivity index (χ2n) is 9.55.